The molecule has 0 spiro atoms. The van der Waals surface area contributed by atoms with Gasteiger partial charge in [0.1, 0.15) is 11.5 Å². The van der Waals surface area contributed by atoms with Crippen LogP contribution in [0.1, 0.15) is 0 Å². The molecule has 0 radical (unpaired) electrons. The second-order valence-electron chi connectivity index (χ2n) is 17.6. The molecule has 1 atom stereocenters. The van der Waals surface area contributed by atoms with Crippen LogP contribution < -0.4 is 25.5 Å². The predicted molar refractivity (Wildman–Crippen MR) is 284 cm³/mol. The van der Waals surface area contributed by atoms with Crippen LogP contribution in [-0.2, 0) is 0 Å². The van der Waals surface area contributed by atoms with Crippen LogP contribution >= 0.6 is 0 Å². The van der Waals surface area contributed by atoms with Gasteiger partial charge in [-0.3, -0.25) is 0 Å². The van der Waals surface area contributed by atoms with Crippen molar-refractivity contribution in [2.24, 2.45) is 0 Å². The van der Waals surface area contributed by atoms with Crippen LogP contribution in [0.3, 0.4) is 0 Å². The fraction of sp³-hybridized carbons (Fsp3) is 0. The lowest BCUT2D eigenvalue weighted by atomic mass is 9.97. The summed E-state index contributed by atoms with van der Waals surface area (Å²) in [4.78, 5) is 0. The third kappa shape index (κ3) is 6.39. The van der Waals surface area contributed by atoms with E-state index in [0.29, 0.717) is 0 Å². The van der Waals surface area contributed by atoms with Crippen LogP contribution in [0.5, 0.6) is 11.5 Å². The normalized spacial score (nSPS) is 14.1. The van der Waals surface area contributed by atoms with Crippen LogP contribution in [0.15, 0.2) is 261 Å². The molecule has 0 amide bonds. The SMILES string of the molecule is c1ccc(-c2ccc(-c3cccc(-c4ccc5c(c4)Oc4ccccc4[Si]5(c4ccc5cc(-n6c7ccccc7c7ccccc76)ccc5c4)c4ccccc4-c4ccccc4)c3)cc2)cc1. The summed E-state index contributed by atoms with van der Waals surface area (Å²) in [5.41, 5.74) is 13.1. The Balaban J connectivity index is 0.990. The minimum Gasteiger partial charge on any atom is -0.458 e. The lowest BCUT2D eigenvalue weighted by molar-refractivity contribution is 0.487. The third-order valence-electron chi connectivity index (χ3n) is 13.9. The van der Waals surface area contributed by atoms with Gasteiger partial charge in [0, 0.05) is 16.5 Å². The maximum atomic E-state index is 7.10. The molecule has 13 rings (SSSR count). The Bertz CT molecular complexity index is 3780. The van der Waals surface area contributed by atoms with Gasteiger partial charge in [0.15, 0.2) is 8.07 Å². The molecule has 0 saturated carbocycles. The Labute approximate surface area is 391 Å². The van der Waals surface area contributed by atoms with Gasteiger partial charge in [0.25, 0.3) is 0 Å². The Morgan fingerprint density at radius 1 is 0.299 bits per heavy atom. The zero-order valence-electron chi connectivity index (χ0n) is 36.7. The van der Waals surface area contributed by atoms with Gasteiger partial charge in [-0.05, 0) is 118 Å². The second-order valence-corrected chi connectivity index (χ2v) is 21.3. The summed E-state index contributed by atoms with van der Waals surface area (Å²) in [6.45, 7) is 0. The van der Waals surface area contributed by atoms with Crippen molar-refractivity contribution >= 4 is 61.4 Å². The van der Waals surface area contributed by atoms with Gasteiger partial charge in [0.2, 0.25) is 0 Å². The molecule has 3 heteroatoms. The molecular formula is C64H43NOSi. The first-order valence-corrected chi connectivity index (χ1v) is 25.1. The molecule has 0 N–H and O–H groups in total. The molecule has 0 bridgehead atoms. The molecule has 314 valence electrons. The van der Waals surface area contributed by atoms with E-state index >= 15 is 0 Å². The molecule has 1 aliphatic heterocycles. The second kappa shape index (κ2) is 15.9. The van der Waals surface area contributed by atoms with E-state index in [9.17, 15) is 0 Å². The molecule has 2 heterocycles. The van der Waals surface area contributed by atoms with E-state index in [2.05, 4.69) is 265 Å². The molecule has 0 saturated heterocycles. The zero-order chi connectivity index (χ0) is 44.3. The summed E-state index contributed by atoms with van der Waals surface area (Å²) in [6, 6.07) is 95.8. The largest absolute Gasteiger partial charge is 0.458 e. The number of aromatic nitrogens is 1. The summed E-state index contributed by atoms with van der Waals surface area (Å²) in [6.07, 6.45) is 0. The topological polar surface area (TPSA) is 14.2 Å². The first kappa shape index (κ1) is 38.9. The standard InChI is InChI=1S/C64H43NOSi/c1-3-16-44(17-4-1)45-30-32-46(33-31-45)48-20-15-21-49(40-48)52-36-39-64-61(43-52)66-60-27-12-14-29-63(60)67(64,62-28-13-9-22-55(62)47-18-5-2-6-19-47)54-38-35-50-41-53(37-34-51(50)42-54)65-58-25-10-7-23-56(58)57-24-8-11-26-59(57)65/h1-43H. The van der Waals surface area contributed by atoms with E-state index in [0.717, 1.165) is 28.3 Å². The van der Waals surface area contributed by atoms with Crippen LogP contribution in [0.2, 0.25) is 0 Å². The molecule has 1 aromatic heterocycles. The molecular weight excluding hydrogens is 827 g/mol. The smallest absolute Gasteiger partial charge is 0.188 e. The number of hydrogen-bond donors (Lipinski definition) is 0. The average Bonchev–Trinajstić information content (AvgIpc) is 3.75. The fourth-order valence-electron chi connectivity index (χ4n) is 10.8. The van der Waals surface area contributed by atoms with E-state index in [-0.39, 0.29) is 0 Å². The lowest BCUT2D eigenvalue weighted by Gasteiger charge is -2.41. The number of hydrogen-bond acceptors (Lipinski definition) is 1. The van der Waals surface area contributed by atoms with Crippen LogP contribution in [-0.4, -0.2) is 12.6 Å². The van der Waals surface area contributed by atoms with Gasteiger partial charge >= 0.3 is 0 Å². The van der Waals surface area contributed by atoms with Crippen molar-refractivity contribution < 1.29 is 4.74 Å². The summed E-state index contributed by atoms with van der Waals surface area (Å²) in [5.74, 6) is 1.82. The number of ether oxygens (including phenoxy) is 1. The highest BCUT2D eigenvalue weighted by atomic mass is 28.3. The number of nitrogens with zero attached hydrogens (tertiary/aromatic N) is 1. The van der Waals surface area contributed by atoms with Gasteiger partial charge in [-0.1, -0.05) is 218 Å². The van der Waals surface area contributed by atoms with Crippen LogP contribution in [0.25, 0.3) is 82.8 Å². The highest BCUT2D eigenvalue weighted by Gasteiger charge is 2.49. The molecule has 0 fully saturated rings. The monoisotopic (exact) mass is 869 g/mol. The maximum absolute atomic E-state index is 7.10. The molecule has 0 aliphatic carbocycles. The summed E-state index contributed by atoms with van der Waals surface area (Å²) < 4.78 is 9.51. The van der Waals surface area contributed by atoms with Gasteiger partial charge in [-0.15, -0.1) is 0 Å². The van der Waals surface area contributed by atoms with Crippen LogP contribution in [0, 0.1) is 0 Å². The van der Waals surface area contributed by atoms with Crippen LogP contribution in [0.4, 0.5) is 0 Å². The van der Waals surface area contributed by atoms with Gasteiger partial charge in [0.05, 0.1) is 11.0 Å². The van der Waals surface area contributed by atoms with Crippen molar-refractivity contribution in [1.82, 2.24) is 4.57 Å². The third-order valence-corrected chi connectivity index (χ3v) is 18.8. The molecule has 2 nitrogen and oxygen atoms in total. The quantitative estimate of drug-likeness (QED) is 0.146. The van der Waals surface area contributed by atoms with E-state index in [1.54, 1.807) is 0 Å². The van der Waals surface area contributed by atoms with E-state index in [4.69, 9.17) is 4.74 Å². The lowest BCUT2D eigenvalue weighted by Crippen LogP contribution is -2.76. The number of benzene rings is 11. The van der Waals surface area contributed by atoms with E-state index in [1.165, 1.54) is 86.7 Å². The molecule has 12 aromatic rings. The van der Waals surface area contributed by atoms with E-state index < -0.39 is 8.07 Å². The highest BCUT2D eigenvalue weighted by Crippen LogP contribution is 2.37. The summed E-state index contributed by atoms with van der Waals surface area (Å²) in [7, 11) is -3.11. The minimum atomic E-state index is -3.11. The number of fused-ring (bicyclic) bond motifs is 6. The number of rotatable bonds is 7. The predicted octanol–water partition coefficient (Wildman–Crippen LogP) is 14.1. The average molecular weight is 870 g/mol. The van der Waals surface area contributed by atoms with Gasteiger partial charge in [-0.2, -0.15) is 0 Å². The summed E-state index contributed by atoms with van der Waals surface area (Å²) in [5, 5.41) is 10.1. The Hall–Kier alpha value is -8.50. The number of para-hydroxylation sites is 3. The van der Waals surface area contributed by atoms with Crippen molar-refractivity contribution in [3.05, 3.63) is 261 Å². The molecule has 11 aromatic carbocycles. The summed E-state index contributed by atoms with van der Waals surface area (Å²) >= 11 is 0. The maximum Gasteiger partial charge on any atom is 0.188 e. The fourth-order valence-corrected chi connectivity index (χ4v) is 16.0. The highest BCUT2D eigenvalue weighted by molar-refractivity contribution is 7.21. The Kier molecular flexibility index (Phi) is 9.22. The van der Waals surface area contributed by atoms with Crippen molar-refractivity contribution in [3.8, 4) is 61.7 Å². The molecule has 67 heavy (non-hydrogen) atoms. The first-order valence-electron chi connectivity index (χ1n) is 23.1. The first-order chi connectivity index (χ1) is 33.2. The van der Waals surface area contributed by atoms with Gasteiger partial charge in [-0.25, -0.2) is 0 Å². The minimum absolute atomic E-state index is 0.908. The van der Waals surface area contributed by atoms with Crippen molar-refractivity contribution in [3.63, 3.8) is 0 Å². The Morgan fingerprint density at radius 3 is 1.55 bits per heavy atom. The van der Waals surface area contributed by atoms with Crippen molar-refractivity contribution in [2.45, 2.75) is 0 Å². The Morgan fingerprint density at radius 2 is 0.806 bits per heavy atom. The van der Waals surface area contributed by atoms with Crippen molar-refractivity contribution in [1.29, 1.82) is 0 Å². The zero-order valence-corrected chi connectivity index (χ0v) is 37.7. The van der Waals surface area contributed by atoms with Crippen molar-refractivity contribution in [2.75, 3.05) is 0 Å². The molecule has 1 aliphatic rings. The molecule has 1 unspecified atom stereocenters. The van der Waals surface area contributed by atoms with Gasteiger partial charge < -0.3 is 9.30 Å². The van der Waals surface area contributed by atoms with E-state index in [1.807, 2.05) is 0 Å².